The quantitative estimate of drug-likeness (QED) is 0.551. The molecule has 0 rings (SSSR count). The highest BCUT2D eigenvalue weighted by molar-refractivity contribution is 5.84. The van der Waals surface area contributed by atoms with Crippen molar-refractivity contribution in [2.75, 3.05) is 0 Å². The molecule has 0 spiro atoms. The van der Waals surface area contributed by atoms with Gasteiger partial charge in [0.2, 0.25) is 0 Å². The van der Waals surface area contributed by atoms with E-state index in [-0.39, 0.29) is 0 Å². The van der Waals surface area contributed by atoms with Crippen molar-refractivity contribution in [3.05, 3.63) is 11.8 Å². The lowest BCUT2D eigenvalue weighted by Crippen LogP contribution is -2.01. The van der Waals surface area contributed by atoms with Gasteiger partial charge in [0.15, 0.2) is 0 Å². The summed E-state index contributed by atoms with van der Waals surface area (Å²) in [5, 5.41) is 0. The Hall–Kier alpha value is -0.590. The van der Waals surface area contributed by atoms with Crippen LogP contribution in [0.3, 0.4) is 0 Å². The molecule has 64 valence electrons. The lowest BCUT2D eigenvalue weighted by Gasteiger charge is -2.03. The monoisotopic (exact) mass is 153 g/mol. The summed E-state index contributed by atoms with van der Waals surface area (Å²) in [5.41, 5.74) is 2.35. The fraction of sp³-hybridized carbons (Fsp3) is 0.700. The second-order valence-electron chi connectivity index (χ2n) is 3.16. The van der Waals surface area contributed by atoms with Crippen LogP contribution >= 0.6 is 0 Å². The number of aliphatic imine (C=N–C) groups is 1. The molecule has 0 bridgehead atoms. The average Bonchev–Trinajstić information content (AvgIpc) is 1.87. The van der Waals surface area contributed by atoms with Crippen molar-refractivity contribution in [1.29, 1.82) is 0 Å². The zero-order valence-electron chi connectivity index (χ0n) is 8.31. The van der Waals surface area contributed by atoms with Gasteiger partial charge in [-0.3, -0.25) is 4.99 Å². The van der Waals surface area contributed by atoms with E-state index in [0.29, 0.717) is 5.92 Å². The molecule has 0 heterocycles. The highest BCUT2D eigenvalue weighted by atomic mass is 14.7. The van der Waals surface area contributed by atoms with E-state index < -0.39 is 0 Å². The van der Waals surface area contributed by atoms with Gasteiger partial charge >= 0.3 is 0 Å². The van der Waals surface area contributed by atoms with E-state index in [1.54, 1.807) is 0 Å². The van der Waals surface area contributed by atoms with Gasteiger partial charge in [0, 0.05) is 11.4 Å². The maximum atomic E-state index is 4.44. The van der Waals surface area contributed by atoms with Crippen LogP contribution in [-0.4, -0.2) is 5.71 Å². The van der Waals surface area contributed by atoms with Gasteiger partial charge in [-0.2, -0.15) is 0 Å². The zero-order chi connectivity index (χ0) is 8.85. The van der Waals surface area contributed by atoms with Crippen LogP contribution in [0.4, 0.5) is 0 Å². The molecule has 0 unspecified atom stereocenters. The topological polar surface area (TPSA) is 12.4 Å². The zero-order valence-corrected chi connectivity index (χ0v) is 8.31. The molecule has 0 aromatic carbocycles. The van der Waals surface area contributed by atoms with Gasteiger partial charge in [-0.1, -0.05) is 26.8 Å². The van der Waals surface area contributed by atoms with Crippen molar-refractivity contribution < 1.29 is 0 Å². The van der Waals surface area contributed by atoms with Crippen molar-refractivity contribution in [3.8, 4) is 0 Å². The maximum absolute atomic E-state index is 4.44. The molecule has 0 aliphatic rings. The molecule has 0 aliphatic heterocycles. The number of nitrogens with zero attached hydrogens (tertiary/aromatic N) is 1. The Morgan fingerprint density at radius 2 is 1.91 bits per heavy atom. The second kappa shape index (κ2) is 5.11. The molecule has 0 aromatic rings. The smallest absolute Gasteiger partial charge is 0.0332 e. The lowest BCUT2D eigenvalue weighted by atomic mass is 10.1. The minimum absolute atomic E-state index is 0.565. The second-order valence-corrected chi connectivity index (χ2v) is 3.16. The number of hydrogen-bond donors (Lipinski definition) is 0. The van der Waals surface area contributed by atoms with Gasteiger partial charge in [-0.25, -0.2) is 0 Å². The van der Waals surface area contributed by atoms with Crippen LogP contribution < -0.4 is 0 Å². The summed E-state index contributed by atoms with van der Waals surface area (Å²) in [5.74, 6) is 0.565. The minimum Gasteiger partial charge on any atom is -0.263 e. The third-order valence-electron chi connectivity index (χ3n) is 1.69. The Bertz CT molecular complexity index is 164. The first kappa shape index (κ1) is 10.4. The van der Waals surface area contributed by atoms with E-state index in [1.807, 2.05) is 0 Å². The van der Waals surface area contributed by atoms with E-state index in [4.69, 9.17) is 0 Å². The summed E-state index contributed by atoms with van der Waals surface area (Å²) in [4.78, 5) is 4.44. The largest absolute Gasteiger partial charge is 0.263 e. The average molecular weight is 153 g/mol. The fourth-order valence-corrected chi connectivity index (χ4v) is 0.748. The molecule has 1 heteroatoms. The molecular weight excluding hydrogens is 134 g/mol. The molecule has 0 amide bonds. The summed E-state index contributed by atoms with van der Waals surface area (Å²) in [6, 6.07) is 0. The third-order valence-corrected chi connectivity index (χ3v) is 1.69. The first-order valence-corrected chi connectivity index (χ1v) is 4.29. The molecule has 0 fully saturated rings. The lowest BCUT2D eigenvalue weighted by molar-refractivity contribution is 0.874. The van der Waals surface area contributed by atoms with E-state index in [1.165, 1.54) is 5.71 Å². The molecular formula is C10H19N. The van der Waals surface area contributed by atoms with Crippen LogP contribution in [0.25, 0.3) is 0 Å². The molecule has 0 saturated heterocycles. The summed E-state index contributed by atoms with van der Waals surface area (Å²) in [6.45, 7) is 10.6. The Labute approximate surface area is 70.2 Å². The molecule has 0 aliphatic carbocycles. The summed E-state index contributed by atoms with van der Waals surface area (Å²) in [7, 11) is 0. The van der Waals surface area contributed by atoms with Crippen LogP contribution in [-0.2, 0) is 0 Å². The number of hydrogen-bond acceptors (Lipinski definition) is 1. The molecule has 1 nitrogen and oxygen atoms in total. The normalized spacial score (nSPS) is 14.4. The summed E-state index contributed by atoms with van der Waals surface area (Å²) < 4.78 is 0. The van der Waals surface area contributed by atoms with E-state index >= 15 is 0 Å². The Balaban J connectivity index is 4.18. The van der Waals surface area contributed by atoms with Crippen LogP contribution in [0, 0.1) is 5.92 Å². The molecule has 0 atom stereocenters. The standard InChI is InChI=1S/C10H19N/c1-6-7-9(4)11-10(5)8(2)3/h7-8H,6H2,1-5H3/b9-7-,11-10?. The van der Waals surface area contributed by atoms with Crippen molar-refractivity contribution >= 4 is 5.71 Å². The number of allylic oxidation sites excluding steroid dienone is 2. The maximum Gasteiger partial charge on any atom is 0.0332 e. The fourth-order valence-electron chi connectivity index (χ4n) is 0.748. The molecule has 0 N–H and O–H groups in total. The van der Waals surface area contributed by atoms with Crippen molar-refractivity contribution in [1.82, 2.24) is 0 Å². The first-order chi connectivity index (χ1) is 5.07. The van der Waals surface area contributed by atoms with Gasteiger partial charge in [-0.15, -0.1) is 0 Å². The number of rotatable bonds is 3. The third kappa shape index (κ3) is 4.77. The van der Waals surface area contributed by atoms with Crippen molar-refractivity contribution in [3.63, 3.8) is 0 Å². The van der Waals surface area contributed by atoms with Crippen molar-refractivity contribution in [2.45, 2.75) is 41.0 Å². The van der Waals surface area contributed by atoms with Gasteiger partial charge in [0.25, 0.3) is 0 Å². The van der Waals surface area contributed by atoms with Gasteiger partial charge in [-0.05, 0) is 26.2 Å². The van der Waals surface area contributed by atoms with E-state index in [2.05, 4.69) is 45.7 Å². The Morgan fingerprint density at radius 1 is 1.36 bits per heavy atom. The Morgan fingerprint density at radius 3 is 2.27 bits per heavy atom. The van der Waals surface area contributed by atoms with E-state index in [0.717, 1.165) is 12.1 Å². The van der Waals surface area contributed by atoms with Crippen LogP contribution in [0.1, 0.15) is 41.0 Å². The highest BCUT2D eigenvalue weighted by Crippen LogP contribution is 2.03. The SMILES string of the molecule is CC/C=C(/C)N=C(C)C(C)C. The summed E-state index contributed by atoms with van der Waals surface area (Å²) >= 11 is 0. The highest BCUT2D eigenvalue weighted by Gasteiger charge is 1.96. The van der Waals surface area contributed by atoms with Crippen LogP contribution in [0.5, 0.6) is 0 Å². The van der Waals surface area contributed by atoms with Gasteiger partial charge in [0.1, 0.15) is 0 Å². The van der Waals surface area contributed by atoms with Crippen molar-refractivity contribution in [2.24, 2.45) is 10.9 Å². The van der Waals surface area contributed by atoms with E-state index in [9.17, 15) is 0 Å². The minimum atomic E-state index is 0.565. The Kier molecular flexibility index (Phi) is 4.84. The van der Waals surface area contributed by atoms with Crippen LogP contribution in [0.2, 0.25) is 0 Å². The van der Waals surface area contributed by atoms with Gasteiger partial charge < -0.3 is 0 Å². The molecule has 0 aromatic heterocycles. The first-order valence-electron chi connectivity index (χ1n) is 4.29. The predicted octanol–water partition coefficient (Wildman–Crippen LogP) is 3.42. The van der Waals surface area contributed by atoms with Gasteiger partial charge in [0.05, 0.1) is 0 Å². The molecule has 0 saturated carbocycles. The predicted molar refractivity (Wildman–Crippen MR) is 52.0 cm³/mol. The van der Waals surface area contributed by atoms with Crippen LogP contribution in [0.15, 0.2) is 16.8 Å². The molecule has 11 heavy (non-hydrogen) atoms. The molecule has 0 radical (unpaired) electrons. The summed E-state index contributed by atoms with van der Waals surface area (Å²) in [6.07, 6.45) is 3.21.